The van der Waals surface area contributed by atoms with E-state index in [4.69, 9.17) is 5.73 Å². The van der Waals surface area contributed by atoms with Gasteiger partial charge in [0.15, 0.2) is 0 Å². The largest absolute Gasteiger partial charge is 0.352 e. The number of hydrogen-bond acceptors (Lipinski definition) is 2. The molecule has 3 N–H and O–H groups in total. The van der Waals surface area contributed by atoms with Crippen molar-refractivity contribution in [1.29, 1.82) is 0 Å². The zero-order valence-corrected chi connectivity index (χ0v) is 15.7. The third kappa shape index (κ3) is 4.04. The summed E-state index contributed by atoms with van der Waals surface area (Å²) in [5, 5.41) is 3.54. The molecule has 0 heterocycles. The Morgan fingerprint density at radius 3 is 2.22 bits per heavy atom. The number of amides is 1. The molecule has 3 nitrogen and oxygen atoms in total. The van der Waals surface area contributed by atoms with Crippen molar-refractivity contribution < 1.29 is 4.79 Å². The van der Waals surface area contributed by atoms with Gasteiger partial charge < -0.3 is 11.1 Å². The first kappa shape index (κ1) is 19.1. The van der Waals surface area contributed by atoms with Crippen LogP contribution in [0.3, 0.4) is 0 Å². The standard InChI is InChI=1S/C19H34N2O.ClH/c1-13(2)12-19(8-3-4-9-19)18(22)21-17-14-6-5-7-15(17)11-16(20)10-14;/h13-17H,3-12,20H2,1-2H3,(H,21,22);1H. The molecule has 2 atom stereocenters. The van der Waals surface area contributed by atoms with Gasteiger partial charge in [-0.05, 0) is 62.7 Å². The predicted octanol–water partition coefficient (Wildman–Crippen LogP) is 4.04. The van der Waals surface area contributed by atoms with E-state index in [0.29, 0.717) is 35.7 Å². The summed E-state index contributed by atoms with van der Waals surface area (Å²) in [6.45, 7) is 4.50. The van der Waals surface area contributed by atoms with Crippen LogP contribution in [0.25, 0.3) is 0 Å². The van der Waals surface area contributed by atoms with Crippen molar-refractivity contribution in [3.63, 3.8) is 0 Å². The summed E-state index contributed by atoms with van der Waals surface area (Å²) in [6.07, 6.45) is 11.8. The maximum Gasteiger partial charge on any atom is 0.226 e. The number of halogens is 1. The second-order valence-corrected chi connectivity index (χ2v) is 8.77. The zero-order chi connectivity index (χ0) is 15.7. The lowest BCUT2D eigenvalue weighted by atomic mass is 9.66. The minimum Gasteiger partial charge on any atom is -0.352 e. The maximum absolute atomic E-state index is 13.1. The van der Waals surface area contributed by atoms with Gasteiger partial charge in [0.2, 0.25) is 5.91 Å². The Hall–Kier alpha value is -0.280. The first-order valence-electron chi connectivity index (χ1n) is 9.57. The minimum atomic E-state index is -0.0674. The van der Waals surface area contributed by atoms with Gasteiger partial charge in [0.25, 0.3) is 0 Å². The molecule has 2 unspecified atom stereocenters. The van der Waals surface area contributed by atoms with Crippen molar-refractivity contribution in [2.75, 3.05) is 0 Å². The van der Waals surface area contributed by atoms with E-state index in [-0.39, 0.29) is 17.8 Å². The number of nitrogens with two attached hydrogens (primary N) is 1. The van der Waals surface area contributed by atoms with Crippen LogP contribution in [0.4, 0.5) is 0 Å². The summed E-state index contributed by atoms with van der Waals surface area (Å²) in [5.74, 6) is 2.23. The molecule has 0 spiro atoms. The molecule has 0 aliphatic heterocycles. The summed E-state index contributed by atoms with van der Waals surface area (Å²) in [7, 11) is 0. The van der Waals surface area contributed by atoms with Crippen molar-refractivity contribution in [2.24, 2.45) is 28.9 Å². The van der Waals surface area contributed by atoms with Crippen LogP contribution in [0.2, 0.25) is 0 Å². The summed E-state index contributed by atoms with van der Waals surface area (Å²) in [5.41, 5.74) is 6.15. The van der Waals surface area contributed by atoms with Crippen LogP contribution >= 0.6 is 12.4 Å². The molecule has 0 aromatic rings. The molecule has 3 rings (SSSR count). The molecule has 0 saturated heterocycles. The fourth-order valence-electron chi connectivity index (χ4n) is 5.69. The van der Waals surface area contributed by atoms with Crippen molar-refractivity contribution >= 4 is 18.3 Å². The van der Waals surface area contributed by atoms with E-state index in [0.717, 1.165) is 32.1 Å². The van der Waals surface area contributed by atoms with Crippen molar-refractivity contribution in [2.45, 2.75) is 90.1 Å². The van der Waals surface area contributed by atoms with Gasteiger partial charge in [-0.1, -0.05) is 33.1 Å². The summed E-state index contributed by atoms with van der Waals surface area (Å²) < 4.78 is 0. The average molecular weight is 343 g/mol. The molecular formula is C19H35ClN2O. The first-order chi connectivity index (χ1) is 10.5. The summed E-state index contributed by atoms with van der Waals surface area (Å²) in [4.78, 5) is 13.1. The Morgan fingerprint density at radius 1 is 1.13 bits per heavy atom. The third-order valence-electron chi connectivity index (χ3n) is 6.52. The highest BCUT2D eigenvalue weighted by molar-refractivity contribution is 5.85. The highest BCUT2D eigenvalue weighted by Crippen LogP contribution is 2.45. The quantitative estimate of drug-likeness (QED) is 0.810. The number of carbonyl (C=O) groups is 1. The molecule has 23 heavy (non-hydrogen) atoms. The summed E-state index contributed by atoms with van der Waals surface area (Å²) in [6, 6.07) is 0.769. The van der Waals surface area contributed by atoms with Crippen molar-refractivity contribution in [1.82, 2.24) is 5.32 Å². The normalized spacial score (nSPS) is 35.7. The van der Waals surface area contributed by atoms with Crippen LogP contribution in [0.15, 0.2) is 0 Å². The maximum atomic E-state index is 13.1. The molecule has 3 aliphatic carbocycles. The third-order valence-corrected chi connectivity index (χ3v) is 6.52. The lowest BCUT2D eigenvalue weighted by Gasteiger charge is -2.46. The van der Waals surface area contributed by atoms with Gasteiger partial charge in [-0.15, -0.1) is 12.4 Å². The SMILES string of the molecule is CC(C)CC1(C(=O)NC2C3CCCC2CC(N)C3)CCCC1.Cl. The Morgan fingerprint density at radius 2 is 1.70 bits per heavy atom. The highest BCUT2D eigenvalue weighted by atomic mass is 35.5. The van der Waals surface area contributed by atoms with Gasteiger partial charge in [-0.25, -0.2) is 0 Å². The number of carbonyl (C=O) groups excluding carboxylic acids is 1. The van der Waals surface area contributed by atoms with E-state index in [1.165, 1.54) is 32.1 Å². The molecule has 134 valence electrons. The van der Waals surface area contributed by atoms with E-state index in [2.05, 4.69) is 19.2 Å². The Balaban J connectivity index is 0.00000192. The zero-order valence-electron chi connectivity index (χ0n) is 14.9. The van der Waals surface area contributed by atoms with E-state index < -0.39 is 0 Å². The second kappa shape index (κ2) is 7.74. The number of rotatable bonds is 4. The van der Waals surface area contributed by atoms with Crippen LogP contribution in [0, 0.1) is 23.2 Å². The first-order valence-corrected chi connectivity index (χ1v) is 9.57. The number of fused-ring (bicyclic) bond motifs is 2. The molecule has 3 aliphatic rings. The lowest BCUT2D eigenvalue weighted by molar-refractivity contribution is -0.134. The van der Waals surface area contributed by atoms with Gasteiger partial charge >= 0.3 is 0 Å². The fourth-order valence-corrected chi connectivity index (χ4v) is 5.69. The number of nitrogens with one attached hydrogen (secondary N) is 1. The van der Waals surface area contributed by atoms with Gasteiger partial charge in [0, 0.05) is 17.5 Å². The smallest absolute Gasteiger partial charge is 0.226 e. The van der Waals surface area contributed by atoms with E-state index in [1.54, 1.807) is 0 Å². The molecule has 2 bridgehead atoms. The molecule has 0 radical (unpaired) electrons. The second-order valence-electron chi connectivity index (χ2n) is 8.77. The summed E-state index contributed by atoms with van der Waals surface area (Å²) >= 11 is 0. The molecule has 4 heteroatoms. The van der Waals surface area contributed by atoms with Crippen molar-refractivity contribution in [3.05, 3.63) is 0 Å². The van der Waals surface area contributed by atoms with Gasteiger partial charge in [-0.2, -0.15) is 0 Å². The molecule has 1 amide bonds. The van der Waals surface area contributed by atoms with Crippen LogP contribution in [-0.4, -0.2) is 18.0 Å². The van der Waals surface area contributed by atoms with Crippen LogP contribution < -0.4 is 11.1 Å². The predicted molar refractivity (Wildman–Crippen MR) is 97.6 cm³/mol. The topological polar surface area (TPSA) is 55.1 Å². The molecule has 3 saturated carbocycles. The highest BCUT2D eigenvalue weighted by Gasteiger charge is 2.45. The Kier molecular flexibility index (Phi) is 6.41. The Labute approximate surface area is 147 Å². The van der Waals surface area contributed by atoms with Gasteiger partial charge in [0.1, 0.15) is 0 Å². The van der Waals surface area contributed by atoms with Crippen LogP contribution in [-0.2, 0) is 4.79 Å². The van der Waals surface area contributed by atoms with E-state index in [1.807, 2.05) is 0 Å². The van der Waals surface area contributed by atoms with Crippen molar-refractivity contribution in [3.8, 4) is 0 Å². The van der Waals surface area contributed by atoms with Crippen LogP contribution in [0.5, 0.6) is 0 Å². The molecular weight excluding hydrogens is 308 g/mol. The molecule has 0 aromatic heterocycles. The minimum absolute atomic E-state index is 0. The van der Waals surface area contributed by atoms with Gasteiger partial charge in [-0.3, -0.25) is 4.79 Å². The van der Waals surface area contributed by atoms with Gasteiger partial charge in [0.05, 0.1) is 0 Å². The lowest BCUT2D eigenvalue weighted by Crippen LogP contribution is -2.56. The van der Waals surface area contributed by atoms with E-state index in [9.17, 15) is 4.79 Å². The molecule has 0 aromatic carbocycles. The monoisotopic (exact) mass is 342 g/mol. The van der Waals surface area contributed by atoms with E-state index >= 15 is 0 Å². The van der Waals surface area contributed by atoms with Crippen LogP contribution in [0.1, 0.15) is 78.1 Å². The molecule has 3 fully saturated rings. The fraction of sp³-hybridized carbons (Fsp3) is 0.947. The number of hydrogen-bond donors (Lipinski definition) is 2. The average Bonchev–Trinajstić information content (AvgIpc) is 2.88. The Bertz CT molecular complexity index is 392.